The monoisotopic (exact) mass is 288 g/mol. The molecule has 1 aromatic rings. The van der Waals surface area contributed by atoms with Crippen molar-refractivity contribution in [2.24, 2.45) is 5.92 Å². The minimum atomic E-state index is -0.319. The lowest BCUT2D eigenvalue weighted by Gasteiger charge is -2.33. The van der Waals surface area contributed by atoms with Gasteiger partial charge in [-0.3, -0.25) is 9.78 Å². The van der Waals surface area contributed by atoms with E-state index < -0.39 is 0 Å². The van der Waals surface area contributed by atoms with Crippen molar-refractivity contribution in [2.45, 2.75) is 25.9 Å². The van der Waals surface area contributed by atoms with Crippen LogP contribution in [-0.4, -0.2) is 51.8 Å². The van der Waals surface area contributed by atoms with Crippen LogP contribution in [0.4, 0.5) is 0 Å². The number of nitrogens with zero attached hydrogens (tertiary/aromatic N) is 2. The molecule has 5 heteroatoms. The van der Waals surface area contributed by atoms with E-state index in [9.17, 15) is 9.90 Å². The van der Waals surface area contributed by atoms with Gasteiger partial charge in [0, 0.05) is 31.0 Å². The van der Waals surface area contributed by atoms with Crippen LogP contribution in [0.1, 0.15) is 35.7 Å². The molecule has 1 amide bonds. The fraction of sp³-hybridized carbons (Fsp3) is 0.500. The summed E-state index contributed by atoms with van der Waals surface area (Å²) in [5.74, 6) is 5.51. The summed E-state index contributed by atoms with van der Waals surface area (Å²) in [5, 5.41) is 18.3. The number of pyridine rings is 1. The van der Waals surface area contributed by atoms with Gasteiger partial charge in [-0.1, -0.05) is 11.8 Å². The zero-order chi connectivity index (χ0) is 15.2. The first kappa shape index (κ1) is 15.5. The molecule has 21 heavy (non-hydrogen) atoms. The van der Waals surface area contributed by atoms with Crippen LogP contribution in [0.15, 0.2) is 18.5 Å². The molecular weight excluding hydrogens is 268 g/mol. The normalized spacial score (nSPS) is 17.0. The minimum Gasteiger partial charge on any atom is -0.393 e. The molecule has 2 N–H and O–H groups in total. The average molecular weight is 288 g/mol. The number of rotatable bonds is 2. The summed E-state index contributed by atoms with van der Waals surface area (Å²) in [6.07, 6.45) is 4.43. The molecule has 0 aliphatic carbocycles. The van der Waals surface area contributed by atoms with Crippen LogP contribution in [0.25, 0.3) is 0 Å². The molecule has 0 bridgehead atoms. The number of likely N-dealkylation sites (tertiary alicyclic amines) is 1. The van der Waals surface area contributed by atoms with Crippen LogP contribution in [0.5, 0.6) is 0 Å². The first-order valence-electron chi connectivity index (χ1n) is 7.14. The van der Waals surface area contributed by atoms with Gasteiger partial charge in [-0.25, -0.2) is 0 Å². The summed E-state index contributed by atoms with van der Waals surface area (Å²) in [6, 6.07) is 1.69. The lowest BCUT2D eigenvalue weighted by atomic mass is 9.92. The van der Waals surface area contributed by atoms with Gasteiger partial charge in [0.05, 0.1) is 11.7 Å². The van der Waals surface area contributed by atoms with Gasteiger partial charge in [0.2, 0.25) is 0 Å². The van der Waals surface area contributed by atoms with Crippen molar-refractivity contribution in [1.82, 2.24) is 9.88 Å². The Balaban J connectivity index is 2.04. The molecule has 1 atom stereocenters. The van der Waals surface area contributed by atoms with Crippen LogP contribution in [0, 0.1) is 17.8 Å². The molecule has 1 saturated heterocycles. The van der Waals surface area contributed by atoms with E-state index in [-0.39, 0.29) is 24.5 Å². The highest BCUT2D eigenvalue weighted by molar-refractivity contribution is 5.94. The molecule has 1 unspecified atom stereocenters. The Morgan fingerprint density at radius 1 is 1.48 bits per heavy atom. The summed E-state index contributed by atoms with van der Waals surface area (Å²) < 4.78 is 0. The average Bonchev–Trinajstić information content (AvgIpc) is 2.52. The molecule has 0 spiro atoms. The van der Waals surface area contributed by atoms with E-state index in [4.69, 9.17) is 5.11 Å². The maximum atomic E-state index is 12.4. The third-order valence-electron chi connectivity index (χ3n) is 3.81. The molecule has 112 valence electrons. The lowest BCUT2D eigenvalue weighted by molar-refractivity contribution is 0.0521. The van der Waals surface area contributed by atoms with Crippen molar-refractivity contribution in [2.75, 3.05) is 19.7 Å². The number of aromatic nitrogens is 1. The van der Waals surface area contributed by atoms with Crippen molar-refractivity contribution < 1.29 is 15.0 Å². The van der Waals surface area contributed by atoms with Crippen molar-refractivity contribution in [3.05, 3.63) is 29.6 Å². The number of piperidine rings is 1. The number of amides is 1. The Morgan fingerprint density at radius 2 is 2.19 bits per heavy atom. The second-order valence-electron chi connectivity index (χ2n) is 5.29. The molecular formula is C16H20N2O3. The van der Waals surface area contributed by atoms with Crippen LogP contribution in [-0.2, 0) is 0 Å². The third-order valence-corrected chi connectivity index (χ3v) is 3.81. The zero-order valence-electron chi connectivity index (χ0n) is 12.1. The van der Waals surface area contributed by atoms with Crippen molar-refractivity contribution in [3.8, 4) is 11.8 Å². The maximum Gasteiger partial charge on any atom is 0.255 e. The predicted molar refractivity (Wildman–Crippen MR) is 78.5 cm³/mol. The molecule has 0 aromatic carbocycles. The van der Waals surface area contributed by atoms with E-state index in [0.29, 0.717) is 24.2 Å². The number of hydrogen-bond donors (Lipinski definition) is 2. The first-order valence-corrected chi connectivity index (χ1v) is 7.14. The number of carbonyl (C=O) groups excluding carboxylic acids is 1. The molecule has 2 heterocycles. The van der Waals surface area contributed by atoms with Gasteiger partial charge in [-0.15, -0.1) is 0 Å². The quantitative estimate of drug-likeness (QED) is 0.784. The highest BCUT2D eigenvalue weighted by Gasteiger charge is 2.26. The fourth-order valence-corrected chi connectivity index (χ4v) is 2.53. The van der Waals surface area contributed by atoms with Crippen LogP contribution < -0.4 is 0 Å². The summed E-state index contributed by atoms with van der Waals surface area (Å²) >= 11 is 0. The van der Waals surface area contributed by atoms with Crippen molar-refractivity contribution >= 4 is 5.91 Å². The topological polar surface area (TPSA) is 73.7 Å². The van der Waals surface area contributed by atoms with Crippen molar-refractivity contribution in [1.29, 1.82) is 0 Å². The Labute approximate surface area is 124 Å². The predicted octanol–water partition coefficient (Wildman–Crippen LogP) is 0.658. The summed E-state index contributed by atoms with van der Waals surface area (Å²) in [6.45, 7) is 2.89. The molecule has 1 aromatic heterocycles. The highest BCUT2D eigenvalue weighted by Crippen LogP contribution is 2.21. The van der Waals surface area contributed by atoms with Gasteiger partial charge in [-0.05, 0) is 31.7 Å². The summed E-state index contributed by atoms with van der Waals surface area (Å²) in [7, 11) is 0. The van der Waals surface area contributed by atoms with E-state index in [0.717, 1.165) is 12.8 Å². The number of carbonyl (C=O) groups is 1. The first-order chi connectivity index (χ1) is 10.1. The van der Waals surface area contributed by atoms with Gasteiger partial charge in [0.1, 0.15) is 6.61 Å². The Morgan fingerprint density at radius 3 is 2.81 bits per heavy atom. The Kier molecular flexibility index (Phi) is 5.32. The third kappa shape index (κ3) is 4.03. The van der Waals surface area contributed by atoms with Crippen LogP contribution >= 0.6 is 0 Å². The molecule has 0 saturated carbocycles. The molecule has 1 aliphatic heterocycles. The van der Waals surface area contributed by atoms with E-state index >= 15 is 0 Å². The minimum absolute atomic E-state index is 0.0563. The SMILES string of the molecule is CC(O)C1CCN(C(=O)c2cncc(C#CCO)c2)CC1. The molecule has 1 aliphatic rings. The van der Waals surface area contributed by atoms with Gasteiger partial charge < -0.3 is 15.1 Å². The summed E-state index contributed by atoms with van der Waals surface area (Å²) in [5.41, 5.74) is 1.13. The number of aliphatic hydroxyl groups is 2. The van der Waals surface area contributed by atoms with Crippen LogP contribution in [0.2, 0.25) is 0 Å². The summed E-state index contributed by atoms with van der Waals surface area (Å²) in [4.78, 5) is 18.2. The number of hydrogen-bond acceptors (Lipinski definition) is 4. The molecule has 2 rings (SSSR count). The van der Waals surface area contributed by atoms with Gasteiger partial charge in [-0.2, -0.15) is 0 Å². The van der Waals surface area contributed by atoms with E-state index in [2.05, 4.69) is 16.8 Å². The Hall–Kier alpha value is -1.90. The molecule has 0 radical (unpaired) electrons. The Bertz CT molecular complexity index is 552. The second kappa shape index (κ2) is 7.21. The molecule has 5 nitrogen and oxygen atoms in total. The van der Waals surface area contributed by atoms with E-state index in [1.54, 1.807) is 24.1 Å². The highest BCUT2D eigenvalue weighted by atomic mass is 16.3. The largest absolute Gasteiger partial charge is 0.393 e. The number of aliphatic hydroxyl groups excluding tert-OH is 2. The smallest absolute Gasteiger partial charge is 0.255 e. The van der Waals surface area contributed by atoms with Gasteiger partial charge in [0.15, 0.2) is 0 Å². The van der Waals surface area contributed by atoms with Crippen LogP contribution in [0.3, 0.4) is 0 Å². The fourth-order valence-electron chi connectivity index (χ4n) is 2.53. The second-order valence-corrected chi connectivity index (χ2v) is 5.29. The van der Waals surface area contributed by atoms with Gasteiger partial charge in [0.25, 0.3) is 5.91 Å². The lowest BCUT2D eigenvalue weighted by Crippen LogP contribution is -2.40. The van der Waals surface area contributed by atoms with E-state index in [1.165, 1.54) is 6.20 Å². The molecule has 1 fully saturated rings. The van der Waals surface area contributed by atoms with Gasteiger partial charge >= 0.3 is 0 Å². The van der Waals surface area contributed by atoms with E-state index in [1.807, 2.05) is 0 Å². The standard InChI is InChI=1S/C16H20N2O3/c1-12(20)14-4-6-18(7-5-14)16(21)15-9-13(3-2-8-19)10-17-11-15/h9-12,14,19-20H,4-8H2,1H3. The zero-order valence-corrected chi connectivity index (χ0v) is 12.1. The van der Waals surface area contributed by atoms with Crippen molar-refractivity contribution in [3.63, 3.8) is 0 Å². The maximum absolute atomic E-state index is 12.4.